The molecule has 1 aromatic rings. The second kappa shape index (κ2) is 5.91. The van der Waals surface area contributed by atoms with Crippen LogP contribution in [0, 0.1) is 5.92 Å². The highest BCUT2D eigenvalue weighted by Gasteiger charge is 2.13. The first-order chi connectivity index (χ1) is 8.25. The summed E-state index contributed by atoms with van der Waals surface area (Å²) < 4.78 is 0. The van der Waals surface area contributed by atoms with E-state index in [0.717, 1.165) is 18.3 Å². The molecule has 1 aliphatic rings. The highest BCUT2D eigenvalue weighted by Crippen LogP contribution is 2.23. The maximum Gasteiger partial charge on any atom is 0.144 e. The third-order valence-electron chi connectivity index (χ3n) is 3.20. The summed E-state index contributed by atoms with van der Waals surface area (Å²) in [5.41, 5.74) is 6.04. The molecule has 0 unspecified atom stereocenters. The fraction of sp³-hybridized carbons (Fsp3) is 0.583. The maximum absolute atomic E-state index is 5.46. The second-order valence-electron chi connectivity index (χ2n) is 4.54. The highest BCUT2D eigenvalue weighted by atomic mass is 32.1. The average molecular weight is 250 g/mol. The van der Waals surface area contributed by atoms with Gasteiger partial charge in [-0.1, -0.05) is 31.5 Å². The Kier molecular flexibility index (Phi) is 4.25. The summed E-state index contributed by atoms with van der Waals surface area (Å²) in [4.78, 5) is 8.68. The molecular formula is C12H18N4S. The van der Waals surface area contributed by atoms with Crippen LogP contribution in [0.2, 0.25) is 0 Å². The van der Waals surface area contributed by atoms with E-state index in [-0.39, 0.29) is 4.99 Å². The van der Waals surface area contributed by atoms with Gasteiger partial charge in [0.25, 0.3) is 0 Å². The van der Waals surface area contributed by atoms with Gasteiger partial charge in [0.2, 0.25) is 0 Å². The van der Waals surface area contributed by atoms with Crippen LogP contribution in [0.5, 0.6) is 0 Å². The first-order valence-corrected chi connectivity index (χ1v) is 6.52. The van der Waals surface area contributed by atoms with Gasteiger partial charge in [-0.3, -0.25) is 0 Å². The van der Waals surface area contributed by atoms with Crippen molar-refractivity contribution < 1.29 is 0 Å². The number of rotatable bonds is 4. The predicted molar refractivity (Wildman–Crippen MR) is 73.0 cm³/mol. The molecule has 0 spiro atoms. The smallest absolute Gasteiger partial charge is 0.144 e. The van der Waals surface area contributed by atoms with Crippen LogP contribution in [-0.4, -0.2) is 21.5 Å². The Morgan fingerprint density at radius 1 is 1.29 bits per heavy atom. The summed E-state index contributed by atoms with van der Waals surface area (Å²) in [6, 6.07) is 0. The van der Waals surface area contributed by atoms with Crippen LogP contribution < -0.4 is 11.1 Å². The number of thiocarbonyl (C=S) groups is 1. The monoisotopic (exact) mass is 250 g/mol. The Balaban J connectivity index is 1.84. The average Bonchev–Trinajstić information content (AvgIpc) is 2.38. The van der Waals surface area contributed by atoms with E-state index in [9.17, 15) is 0 Å². The third-order valence-corrected chi connectivity index (χ3v) is 3.41. The van der Waals surface area contributed by atoms with E-state index in [1.807, 2.05) is 0 Å². The van der Waals surface area contributed by atoms with Crippen LogP contribution in [-0.2, 0) is 0 Å². The molecule has 1 heterocycles. The van der Waals surface area contributed by atoms with Crippen LogP contribution in [0.25, 0.3) is 0 Å². The zero-order valence-corrected chi connectivity index (χ0v) is 10.7. The van der Waals surface area contributed by atoms with Gasteiger partial charge in [-0.2, -0.15) is 0 Å². The zero-order chi connectivity index (χ0) is 12.1. The molecule has 1 fully saturated rings. The molecule has 92 valence electrons. The first-order valence-electron chi connectivity index (χ1n) is 6.11. The highest BCUT2D eigenvalue weighted by molar-refractivity contribution is 7.80. The molecular weight excluding hydrogens is 232 g/mol. The van der Waals surface area contributed by atoms with Crippen LogP contribution >= 0.6 is 12.2 Å². The largest absolute Gasteiger partial charge is 0.388 e. The number of nitrogens with zero attached hydrogens (tertiary/aromatic N) is 2. The molecule has 1 saturated carbocycles. The SMILES string of the molecule is NC(=S)c1cnc(NCC2CCCCC2)cn1. The maximum atomic E-state index is 5.46. The Hall–Kier alpha value is -1.23. The minimum atomic E-state index is 0.288. The van der Waals surface area contributed by atoms with Crippen molar-refractivity contribution in [2.24, 2.45) is 11.7 Å². The van der Waals surface area contributed by atoms with E-state index in [2.05, 4.69) is 15.3 Å². The van der Waals surface area contributed by atoms with Crippen molar-refractivity contribution in [3.05, 3.63) is 18.1 Å². The quantitative estimate of drug-likeness (QED) is 0.801. The van der Waals surface area contributed by atoms with Gasteiger partial charge in [0, 0.05) is 6.54 Å². The Morgan fingerprint density at radius 3 is 2.65 bits per heavy atom. The molecule has 3 N–H and O–H groups in total. The lowest BCUT2D eigenvalue weighted by Gasteiger charge is -2.21. The molecule has 0 saturated heterocycles. The molecule has 1 aliphatic carbocycles. The second-order valence-corrected chi connectivity index (χ2v) is 4.98. The fourth-order valence-corrected chi connectivity index (χ4v) is 2.29. The van der Waals surface area contributed by atoms with Crippen molar-refractivity contribution >= 4 is 23.0 Å². The number of nitrogens with one attached hydrogen (secondary N) is 1. The van der Waals surface area contributed by atoms with Crippen molar-refractivity contribution in [2.45, 2.75) is 32.1 Å². The van der Waals surface area contributed by atoms with Crippen molar-refractivity contribution in [3.63, 3.8) is 0 Å². The summed E-state index contributed by atoms with van der Waals surface area (Å²) in [6.45, 7) is 0.987. The first kappa shape index (κ1) is 12.2. The molecule has 0 aliphatic heterocycles. The topological polar surface area (TPSA) is 63.8 Å². The van der Waals surface area contributed by atoms with Crippen molar-refractivity contribution in [1.82, 2.24) is 9.97 Å². The van der Waals surface area contributed by atoms with Gasteiger partial charge < -0.3 is 11.1 Å². The van der Waals surface area contributed by atoms with Crippen LogP contribution in [0.3, 0.4) is 0 Å². The number of hydrogen-bond acceptors (Lipinski definition) is 4. The number of hydrogen-bond donors (Lipinski definition) is 2. The summed E-state index contributed by atoms with van der Waals surface area (Å²) >= 11 is 4.83. The lowest BCUT2D eigenvalue weighted by molar-refractivity contribution is 0.373. The summed E-state index contributed by atoms with van der Waals surface area (Å²) in [5.74, 6) is 1.58. The molecule has 0 atom stereocenters. The Bertz CT molecular complexity index is 371. The molecule has 4 nitrogen and oxygen atoms in total. The predicted octanol–water partition coefficient (Wildman–Crippen LogP) is 2.10. The molecule has 0 radical (unpaired) electrons. The lowest BCUT2D eigenvalue weighted by atomic mass is 9.89. The van der Waals surface area contributed by atoms with Crippen LogP contribution in [0.15, 0.2) is 12.4 Å². The molecule has 5 heteroatoms. The normalized spacial score (nSPS) is 16.7. The molecule has 2 rings (SSSR count). The standard InChI is InChI=1S/C12H18N4S/c13-12(17)10-7-16-11(8-14-10)15-6-9-4-2-1-3-5-9/h7-9H,1-6H2,(H2,13,17)(H,15,16). The Labute approximate surface area is 107 Å². The van der Waals surface area contributed by atoms with Gasteiger partial charge in [-0.05, 0) is 18.8 Å². The van der Waals surface area contributed by atoms with E-state index in [4.69, 9.17) is 18.0 Å². The van der Waals surface area contributed by atoms with Gasteiger partial charge in [0.05, 0.1) is 12.4 Å². The van der Waals surface area contributed by atoms with Crippen molar-refractivity contribution in [1.29, 1.82) is 0 Å². The minimum Gasteiger partial charge on any atom is -0.388 e. The molecule has 1 aromatic heterocycles. The van der Waals surface area contributed by atoms with E-state index >= 15 is 0 Å². The lowest BCUT2D eigenvalue weighted by Crippen LogP contribution is -2.18. The van der Waals surface area contributed by atoms with Crippen LogP contribution in [0.4, 0.5) is 5.82 Å². The van der Waals surface area contributed by atoms with Gasteiger partial charge >= 0.3 is 0 Å². The fourth-order valence-electron chi connectivity index (χ4n) is 2.19. The van der Waals surface area contributed by atoms with E-state index in [0.29, 0.717) is 5.69 Å². The number of anilines is 1. The Morgan fingerprint density at radius 2 is 2.06 bits per heavy atom. The van der Waals surface area contributed by atoms with Crippen molar-refractivity contribution in [2.75, 3.05) is 11.9 Å². The van der Waals surface area contributed by atoms with Gasteiger partial charge in [0.1, 0.15) is 16.5 Å². The van der Waals surface area contributed by atoms with Gasteiger partial charge in [-0.25, -0.2) is 9.97 Å². The number of nitrogens with two attached hydrogens (primary N) is 1. The van der Waals surface area contributed by atoms with E-state index in [1.165, 1.54) is 32.1 Å². The third kappa shape index (κ3) is 3.63. The number of aromatic nitrogens is 2. The summed E-state index contributed by atoms with van der Waals surface area (Å²) in [7, 11) is 0. The van der Waals surface area contributed by atoms with Crippen LogP contribution in [0.1, 0.15) is 37.8 Å². The van der Waals surface area contributed by atoms with E-state index in [1.54, 1.807) is 12.4 Å². The molecule has 17 heavy (non-hydrogen) atoms. The van der Waals surface area contributed by atoms with Crippen molar-refractivity contribution in [3.8, 4) is 0 Å². The zero-order valence-electron chi connectivity index (χ0n) is 9.85. The summed E-state index contributed by atoms with van der Waals surface area (Å²) in [5, 5.41) is 3.32. The summed E-state index contributed by atoms with van der Waals surface area (Å²) in [6.07, 6.45) is 10.1. The molecule has 0 amide bonds. The van der Waals surface area contributed by atoms with Gasteiger partial charge in [-0.15, -0.1) is 0 Å². The molecule has 0 bridgehead atoms. The molecule has 0 aromatic carbocycles. The van der Waals surface area contributed by atoms with Gasteiger partial charge in [0.15, 0.2) is 0 Å². The van der Waals surface area contributed by atoms with E-state index < -0.39 is 0 Å². The minimum absolute atomic E-state index is 0.288.